The molecule has 1 aromatic rings. The molecule has 0 spiro atoms. The van der Waals surface area contributed by atoms with Gasteiger partial charge in [0.25, 0.3) is 0 Å². The summed E-state index contributed by atoms with van der Waals surface area (Å²) in [4.78, 5) is 10.2. The molecule has 1 nitrogen and oxygen atoms in total. The van der Waals surface area contributed by atoms with E-state index in [-0.39, 0.29) is 0 Å². The van der Waals surface area contributed by atoms with Gasteiger partial charge in [0.15, 0.2) is 0 Å². The Morgan fingerprint density at radius 1 is 1.46 bits per heavy atom. The van der Waals surface area contributed by atoms with Gasteiger partial charge in [-0.1, -0.05) is 18.2 Å². The Morgan fingerprint density at radius 2 is 2.23 bits per heavy atom. The second-order valence-electron chi connectivity index (χ2n) is 3.10. The molecule has 0 saturated heterocycles. The van der Waals surface area contributed by atoms with E-state index in [0.717, 1.165) is 17.4 Å². The van der Waals surface area contributed by atoms with Crippen molar-refractivity contribution < 1.29 is 9.18 Å². The Balaban J connectivity index is 2.83. The Kier molecular flexibility index (Phi) is 3.62. The summed E-state index contributed by atoms with van der Waals surface area (Å²) in [5.74, 6) is 0. The van der Waals surface area contributed by atoms with Gasteiger partial charge < -0.3 is 4.79 Å². The summed E-state index contributed by atoms with van der Waals surface area (Å²) in [6, 6.07) is 5.51. The number of carbonyl (C=O) groups excluding carboxylic acids is 1. The quantitative estimate of drug-likeness (QED) is 0.651. The van der Waals surface area contributed by atoms with Crippen LogP contribution in [0.4, 0.5) is 4.39 Å². The molecule has 0 bridgehead atoms. The van der Waals surface area contributed by atoms with Gasteiger partial charge in [0.2, 0.25) is 0 Å². The summed E-state index contributed by atoms with van der Waals surface area (Å²) < 4.78 is 12.3. The number of carbonyl (C=O) groups is 1. The zero-order chi connectivity index (χ0) is 9.68. The van der Waals surface area contributed by atoms with Crippen LogP contribution in [0.3, 0.4) is 0 Å². The number of hydrogen-bond donors (Lipinski definition) is 0. The molecule has 2 heteroatoms. The van der Waals surface area contributed by atoms with Crippen LogP contribution in [0.5, 0.6) is 0 Å². The summed E-state index contributed by atoms with van der Waals surface area (Å²) in [5, 5.41) is 0. The van der Waals surface area contributed by atoms with E-state index in [1.54, 1.807) is 6.07 Å². The van der Waals surface area contributed by atoms with Crippen LogP contribution in [0, 0.1) is 6.92 Å². The maximum absolute atomic E-state index is 12.3. The molecule has 0 aromatic heterocycles. The van der Waals surface area contributed by atoms with Crippen molar-refractivity contribution in [3.05, 3.63) is 34.9 Å². The minimum atomic E-state index is -0.436. The number of halogens is 1. The van der Waals surface area contributed by atoms with Crippen LogP contribution in [0.25, 0.3) is 0 Å². The minimum Gasteiger partial charge on any atom is -0.303 e. The van der Waals surface area contributed by atoms with E-state index in [0.29, 0.717) is 18.4 Å². The highest BCUT2D eigenvalue weighted by atomic mass is 19.1. The standard InChI is InChI=1S/C11H13FO/c1-9-4-5-10(8-12)7-11(9)3-2-6-13/h4-7H,2-3,8H2,1H3. The van der Waals surface area contributed by atoms with Gasteiger partial charge in [-0.2, -0.15) is 0 Å². The van der Waals surface area contributed by atoms with Gasteiger partial charge in [0.05, 0.1) is 0 Å². The number of rotatable bonds is 4. The topological polar surface area (TPSA) is 17.1 Å². The Hall–Kier alpha value is -1.18. The fourth-order valence-corrected chi connectivity index (χ4v) is 1.29. The average molecular weight is 180 g/mol. The van der Waals surface area contributed by atoms with Crippen molar-refractivity contribution in [2.75, 3.05) is 0 Å². The first-order chi connectivity index (χ1) is 6.27. The van der Waals surface area contributed by atoms with Crippen LogP contribution in [-0.4, -0.2) is 6.29 Å². The Bertz CT molecular complexity index is 294. The molecule has 0 saturated carbocycles. The first-order valence-corrected chi connectivity index (χ1v) is 4.36. The molecular formula is C11H13FO. The van der Waals surface area contributed by atoms with Gasteiger partial charge in [0.1, 0.15) is 13.0 Å². The molecule has 13 heavy (non-hydrogen) atoms. The lowest BCUT2D eigenvalue weighted by atomic mass is 10.0. The largest absolute Gasteiger partial charge is 0.303 e. The van der Waals surface area contributed by atoms with Gasteiger partial charge in [-0.25, -0.2) is 4.39 Å². The SMILES string of the molecule is Cc1ccc(CF)cc1CCC=O. The molecule has 0 aliphatic rings. The van der Waals surface area contributed by atoms with Crippen LogP contribution in [-0.2, 0) is 17.9 Å². The summed E-state index contributed by atoms with van der Waals surface area (Å²) in [6.45, 7) is 1.54. The third-order valence-corrected chi connectivity index (χ3v) is 2.10. The molecule has 1 rings (SSSR count). The van der Waals surface area contributed by atoms with Crippen molar-refractivity contribution in [3.8, 4) is 0 Å². The zero-order valence-electron chi connectivity index (χ0n) is 7.72. The molecule has 1 aromatic carbocycles. The number of benzene rings is 1. The third kappa shape index (κ3) is 2.65. The van der Waals surface area contributed by atoms with Crippen molar-refractivity contribution in [1.82, 2.24) is 0 Å². The third-order valence-electron chi connectivity index (χ3n) is 2.10. The zero-order valence-corrected chi connectivity index (χ0v) is 7.72. The van der Waals surface area contributed by atoms with Crippen LogP contribution < -0.4 is 0 Å². The van der Waals surface area contributed by atoms with Crippen molar-refractivity contribution in [2.45, 2.75) is 26.4 Å². The summed E-state index contributed by atoms with van der Waals surface area (Å²) in [7, 11) is 0. The van der Waals surface area contributed by atoms with E-state index in [2.05, 4.69) is 0 Å². The maximum Gasteiger partial charge on any atom is 0.120 e. The highest BCUT2D eigenvalue weighted by molar-refractivity contribution is 5.50. The van der Waals surface area contributed by atoms with Gasteiger partial charge in [-0.3, -0.25) is 0 Å². The number of aryl methyl sites for hydroxylation is 2. The fraction of sp³-hybridized carbons (Fsp3) is 0.364. The van der Waals surface area contributed by atoms with E-state index in [1.807, 2.05) is 19.1 Å². The molecule has 0 radical (unpaired) electrons. The molecule has 0 fully saturated rings. The van der Waals surface area contributed by atoms with Gasteiger partial charge in [-0.15, -0.1) is 0 Å². The molecule has 0 aliphatic carbocycles. The Morgan fingerprint density at radius 3 is 2.85 bits per heavy atom. The van der Waals surface area contributed by atoms with E-state index in [1.165, 1.54) is 0 Å². The van der Waals surface area contributed by atoms with Crippen molar-refractivity contribution in [2.24, 2.45) is 0 Å². The van der Waals surface area contributed by atoms with E-state index < -0.39 is 6.67 Å². The number of hydrogen-bond acceptors (Lipinski definition) is 1. The molecular weight excluding hydrogens is 167 g/mol. The lowest BCUT2D eigenvalue weighted by Crippen LogP contribution is -1.92. The van der Waals surface area contributed by atoms with E-state index in [4.69, 9.17) is 0 Å². The normalized spacial score (nSPS) is 10.0. The first-order valence-electron chi connectivity index (χ1n) is 4.36. The first kappa shape index (κ1) is 9.90. The molecule has 0 unspecified atom stereocenters. The van der Waals surface area contributed by atoms with E-state index >= 15 is 0 Å². The summed E-state index contributed by atoms with van der Waals surface area (Å²) in [5.41, 5.74) is 2.88. The fourth-order valence-electron chi connectivity index (χ4n) is 1.29. The molecule has 70 valence electrons. The van der Waals surface area contributed by atoms with Crippen molar-refractivity contribution in [3.63, 3.8) is 0 Å². The molecule has 0 aliphatic heterocycles. The smallest absolute Gasteiger partial charge is 0.120 e. The Labute approximate surface area is 77.6 Å². The number of aldehydes is 1. The van der Waals surface area contributed by atoms with Crippen LogP contribution in [0.2, 0.25) is 0 Å². The lowest BCUT2D eigenvalue weighted by molar-refractivity contribution is -0.107. The van der Waals surface area contributed by atoms with E-state index in [9.17, 15) is 9.18 Å². The molecule has 0 heterocycles. The second-order valence-corrected chi connectivity index (χ2v) is 3.10. The highest BCUT2D eigenvalue weighted by Crippen LogP contribution is 2.13. The predicted molar refractivity (Wildman–Crippen MR) is 50.4 cm³/mol. The van der Waals surface area contributed by atoms with Crippen LogP contribution in [0.1, 0.15) is 23.1 Å². The van der Waals surface area contributed by atoms with Crippen molar-refractivity contribution >= 4 is 6.29 Å². The lowest BCUT2D eigenvalue weighted by Gasteiger charge is -2.04. The monoisotopic (exact) mass is 180 g/mol. The molecule has 0 N–H and O–H groups in total. The van der Waals surface area contributed by atoms with Crippen LogP contribution in [0.15, 0.2) is 18.2 Å². The van der Waals surface area contributed by atoms with Gasteiger partial charge in [-0.05, 0) is 30.0 Å². The number of alkyl halides is 1. The van der Waals surface area contributed by atoms with Gasteiger partial charge >= 0.3 is 0 Å². The molecule has 0 amide bonds. The highest BCUT2D eigenvalue weighted by Gasteiger charge is 1.99. The average Bonchev–Trinajstić information content (AvgIpc) is 2.17. The minimum absolute atomic E-state index is 0.436. The van der Waals surface area contributed by atoms with Gasteiger partial charge in [0, 0.05) is 6.42 Å². The predicted octanol–water partition coefficient (Wildman–Crippen LogP) is 2.60. The van der Waals surface area contributed by atoms with Crippen LogP contribution >= 0.6 is 0 Å². The summed E-state index contributed by atoms with van der Waals surface area (Å²) >= 11 is 0. The summed E-state index contributed by atoms with van der Waals surface area (Å²) in [6.07, 6.45) is 2.11. The molecule has 0 atom stereocenters. The maximum atomic E-state index is 12.3. The van der Waals surface area contributed by atoms with Crippen molar-refractivity contribution in [1.29, 1.82) is 0 Å². The second kappa shape index (κ2) is 4.75.